The van der Waals surface area contributed by atoms with E-state index in [2.05, 4.69) is 69.9 Å². The molecule has 2 fully saturated rings. The first-order chi connectivity index (χ1) is 20.4. The second kappa shape index (κ2) is 16.1. The van der Waals surface area contributed by atoms with E-state index in [1.165, 1.54) is 17.3 Å². The summed E-state index contributed by atoms with van der Waals surface area (Å²) in [7, 11) is 4.30. The van der Waals surface area contributed by atoms with Gasteiger partial charge in [-0.05, 0) is 56.4 Å². The van der Waals surface area contributed by atoms with Gasteiger partial charge < -0.3 is 24.6 Å². The normalized spacial score (nSPS) is 19.9. The summed E-state index contributed by atoms with van der Waals surface area (Å²) in [6, 6.07) is 14.9. The van der Waals surface area contributed by atoms with Gasteiger partial charge in [-0.15, -0.1) is 0 Å². The first-order valence-electron chi connectivity index (χ1n) is 15.1. The van der Waals surface area contributed by atoms with Crippen molar-refractivity contribution in [2.24, 2.45) is 0 Å². The molecule has 42 heavy (non-hydrogen) atoms. The lowest BCUT2D eigenvalue weighted by atomic mass is 9.93. The van der Waals surface area contributed by atoms with Gasteiger partial charge >= 0.3 is 0 Å². The van der Waals surface area contributed by atoms with Gasteiger partial charge in [0.05, 0.1) is 26.4 Å². The lowest BCUT2D eigenvalue weighted by molar-refractivity contribution is -0.116. The number of rotatable bonds is 15. The zero-order chi connectivity index (χ0) is 29.9. The van der Waals surface area contributed by atoms with E-state index in [0.717, 1.165) is 56.9 Å². The van der Waals surface area contributed by atoms with Crippen LogP contribution in [-0.4, -0.2) is 120 Å². The van der Waals surface area contributed by atoms with Gasteiger partial charge in [0, 0.05) is 82.1 Å². The summed E-state index contributed by atoms with van der Waals surface area (Å²) in [4.78, 5) is 20.7. The minimum absolute atomic E-state index is 0.106. The topological polar surface area (TPSA) is 60.5 Å². The van der Waals surface area contributed by atoms with Gasteiger partial charge in [-0.3, -0.25) is 14.6 Å². The number of nitrogens with zero attached hydrogens (tertiary/aromatic N) is 4. The van der Waals surface area contributed by atoms with Crippen molar-refractivity contribution in [3.63, 3.8) is 0 Å². The largest absolute Gasteiger partial charge is 0.378 e. The van der Waals surface area contributed by atoms with Crippen LogP contribution in [0.2, 0.25) is 0 Å². The highest BCUT2D eigenvalue weighted by atomic mass is 19.1. The second-order valence-electron chi connectivity index (χ2n) is 11.5. The molecule has 0 radical (unpaired) electrons. The summed E-state index contributed by atoms with van der Waals surface area (Å²) < 4.78 is 25.7. The number of carbonyl (C=O) groups excluding carboxylic acids is 1. The average molecular weight is 582 g/mol. The first kappa shape index (κ1) is 32.1. The van der Waals surface area contributed by atoms with Gasteiger partial charge in [0.15, 0.2) is 0 Å². The van der Waals surface area contributed by atoms with Crippen LogP contribution in [0.15, 0.2) is 55.1 Å². The summed E-state index contributed by atoms with van der Waals surface area (Å²) in [6.07, 6.45) is 1.25. The highest BCUT2D eigenvalue weighted by molar-refractivity contribution is 5.86. The van der Waals surface area contributed by atoms with Crippen molar-refractivity contribution in [3.05, 3.63) is 77.6 Å². The lowest BCUT2D eigenvalue weighted by Crippen LogP contribution is -2.47. The number of halogens is 1. The Hall–Kier alpha value is -2.82. The molecule has 2 aromatic rings. The summed E-state index contributed by atoms with van der Waals surface area (Å²) in [5.74, 6) is 0.0996. The maximum atomic E-state index is 14.5. The van der Waals surface area contributed by atoms with E-state index >= 15 is 0 Å². The predicted octanol–water partition coefficient (Wildman–Crippen LogP) is 3.12. The third-order valence-electron chi connectivity index (χ3n) is 8.48. The van der Waals surface area contributed by atoms with E-state index < -0.39 is 0 Å². The number of likely N-dealkylation sites (tertiary alicyclic amines) is 1. The van der Waals surface area contributed by atoms with Gasteiger partial charge in [0.2, 0.25) is 5.91 Å². The molecule has 230 valence electrons. The van der Waals surface area contributed by atoms with Crippen LogP contribution in [0, 0.1) is 12.7 Å². The summed E-state index contributed by atoms with van der Waals surface area (Å²) in [6.45, 7) is 15.6. The number of benzene rings is 2. The quantitative estimate of drug-likeness (QED) is 0.256. The Kier molecular flexibility index (Phi) is 12.3. The molecule has 9 heteroatoms. The molecule has 2 aliphatic rings. The van der Waals surface area contributed by atoms with E-state index in [-0.39, 0.29) is 11.7 Å². The Morgan fingerprint density at radius 2 is 1.71 bits per heavy atom. The van der Waals surface area contributed by atoms with Crippen LogP contribution < -0.4 is 10.2 Å². The summed E-state index contributed by atoms with van der Waals surface area (Å²) >= 11 is 0. The number of nitrogens with one attached hydrogen (secondary N) is 1. The highest BCUT2D eigenvalue weighted by Crippen LogP contribution is 2.33. The van der Waals surface area contributed by atoms with Crippen LogP contribution >= 0.6 is 0 Å². The number of carbonyl (C=O) groups is 1. The molecule has 0 aromatic heterocycles. The Balaban J connectivity index is 1.18. The fraction of sp³-hybridized carbons (Fsp3) is 0.545. The van der Waals surface area contributed by atoms with E-state index in [4.69, 9.17) is 9.47 Å². The van der Waals surface area contributed by atoms with E-state index in [9.17, 15) is 9.18 Å². The van der Waals surface area contributed by atoms with Crippen LogP contribution in [0.4, 0.5) is 10.1 Å². The van der Waals surface area contributed by atoms with Gasteiger partial charge in [-0.1, -0.05) is 30.8 Å². The second-order valence-corrected chi connectivity index (χ2v) is 11.5. The molecule has 4 rings (SSSR count). The molecule has 2 saturated heterocycles. The molecule has 2 aromatic carbocycles. The molecule has 2 heterocycles. The first-order valence-corrected chi connectivity index (χ1v) is 15.1. The molecule has 8 nitrogen and oxygen atoms in total. The van der Waals surface area contributed by atoms with Crippen molar-refractivity contribution in [2.75, 3.05) is 97.8 Å². The Morgan fingerprint density at radius 3 is 2.38 bits per heavy atom. The molecule has 0 aliphatic carbocycles. The molecular weight excluding hydrogens is 533 g/mol. The maximum absolute atomic E-state index is 14.5. The number of hydrogen-bond donors (Lipinski definition) is 1. The SMILES string of the molecule is C=CC(=O)NCCOCCOCCN1CCN(c2ccc([C@H]3CN(Cc4c(C)cccc4F)C[C@@H]3N(C)C)cc2)CC1. The minimum atomic E-state index is -0.185. The predicted molar refractivity (Wildman–Crippen MR) is 167 cm³/mol. The van der Waals surface area contributed by atoms with Crippen LogP contribution in [0.3, 0.4) is 0 Å². The number of piperazine rings is 1. The van der Waals surface area contributed by atoms with Crippen molar-refractivity contribution < 1.29 is 18.7 Å². The van der Waals surface area contributed by atoms with Crippen molar-refractivity contribution in [1.82, 2.24) is 20.0 Å². The van der Waals surface area contributed by atoms with Crippen LogP contribution in [0.5, 0.6) is 0 Å². The number of aryl methyl sites for hydroxylation is 1. The molecule has 0 unspecified atom stereocenters. The fourth-order valence-electron chi connectivity index (χ4n) is 5.93. The Morgan fingerprint density at radius 1 is 1.00 bits per heavy atom. The Labute approximate surface area is 251 Å². The van der Waals surface area contributed by atoms with Crippen molar-refractivity contribution in [1.29, 1.82) is 0 Å². The average Bonchev–Trinajstić information content (AvgIpc) is 3.43. The molecule has 0 saturated carbocycles. The van der Waals surface area contributed by atoms with E-state index in [1.54, 1.807) is 12.1 Å². The van der Waals surface area contributed by atoms with Crippen molar-refractivity contribution in [2.45, 2.75) is 25.4 Å². The van der Waals surface area contributed by atoms with Crippen LogP contribution in [0.1, 0.15) is 22.6 Å². The number of ether oxygens (including phenoxy) is 2. The molecular formula is C33H48FN5O3. The van der Waals surface area contributed by atoms with Gasteiger partial charge in [0.1, 0.15) is 5.82 Å². The van der Waals surface area contributed by atoms with Gasteiger partial charge in [-0.2, -0.15) is 0 Å². The molecule has 2 atom stereocenters. The molecule has 1 amide bonds. The maximum Gasteiger partial charge on any atom is 0.243 e. The monoisotopic (exact) mass is 581 g/mol. The zero-order valence-electron chi connectivity index (χ0n) is 25.6. The highest BCUT2D eigenvalue weighted by Gasteiger charge is 2.35. The van der Waals surface area contributed by atoms with Crippen LogP contribution in [0.25, 0.3) is 0 Å². The number of anilines is 1. The molecule has 0 bridgehead atoms. The van der Waals surface area contributed by atoms with Crippen LogP contribution in [-0.2, 0) is 20.8 Å². The third-order valence-corrected chi connectivity index (χ3v) is 8.48. The van der Waals surface area contributed by atoms with Gasteiger partial charge in [-0.25, -0.2) is 4.39 Å². The fourth-order valence-corrected chi connectivity index (χ4v) is 5.93. The van der Waals surface area contributed by atoms with Crippen molar-refractivity contribution >= 4 is 11.6 Å². The standard InChI is InChI=1S/C33H48FN5O3/c1-5-33(40)35-13-19-41-21-22-42-20-18-37-14-16-39(17-15-37)28-11-9-27(10-12-28)30-24-38(25-32(30)36(3)4)23-29-26(2)7-6-8-31(29)34/h5-12,30,32H,1,13-25H2,2-4H3,(H,35,40)/t30-,32+/m1/s1. The summed E-state index contributed by atoms with van der Waals surface area (Å²) in [5.41, 5.74) is 4.46. The smallest absolute Gasteiger partial charge is 0.243 e. The summed E-state index contributed by atoms with van der Waals surface area (Å²) in [5, 5.41) is 2.68. The lowest BCUT2D eigenvalue weighted by Gasteiger charge is -2.36. The third kappa shape index (κ3) is 9.09. The number of amides is 1. The number of likely N-dealkylation sites (N-methyl/N-ethyl adjacent to an activating group) is 1. The molecule has 1 N–H and O–H groups in total. The Bertz CT molecular complexity index is 1120. The van der Waals surface area contributed by atoms with E-state index in [1.807, 2.05) is 13.0 Å². The van der Waals surface area contributed by atoms with Crippen molar-refractivity contribution in [3.8, 4) is 0 Å². The molecule has 2 aliphatic heterocycles. The molecule has 0 spiro atoms. The van der Waals surface area contributed by atoms with E-state index in [0.29, 0.717) is 51.5 Å². The van der Waals surface area contributed by atoms with Gasteiger partial charge in [0.25, 0.3) is 0 Å². The number of hydrogen-bond acceptors (Lipinski definition) is 7. The minimum Gasteiger partial charge on any atom is -0.378 e. The zero-order valence-corrected chi connectivity index (χ0v) is 25.6.